The summed E-state index contributed by atoms with van der Waals surface area (Å²) in [4.78, 5) is 48.3. The third kappa shape index (κ3) is 6.47. The maximum Gasteiger partial charge on any atom is 0.277 e. The molecule has 0 saturated heterocycles. The Morgan fingerprint density at radius 3 is 2.61 bits per heavy atom. The molecule has 0 spiro atoms. The molecular weight excluding hydrogens is 524 g/mol. The molecule has 0 saturated carbocycles. The molecule has 0 aliphatic heterocycles. The summed E-state index contributed by atoms with van der Waals surface area (Å²) in [5.74, 6) is -2.05. The summed E-state index contributed by atoms with van der Waals surface area (Å²) in [7, 11) is 3.02. The van der Waals surface area contributed by atoms with Gasteiger partial charge in [0.15, 0.2) is 6.61 Å². The molecule has 3 aromatic rings. The van der Waals surface area contributed by atoms with Crippen LogP contribution in [0.1, 0.15) is 31.8 Å². The van der Waals surface area contributed by atoms with Crippen molar-refractivity contribution in [1.29, 1.82) is 5.26 Å². The van der Waals surface area contributed by atoms with Crippen LogP contribution in [-0.4, -0.2) is 64.5 Å². The third-order valence-electron chi connectivity index (χ3n) is 5.18. The van der Waals surface area contributed by atoms with Crippen molar-refractivity contribution in [3.63, 3.8) is 0 Å². The SMILES string of the molecule is Cc1cc(C#N)cc(C(=O)NOCC(=O)N(C)C)c1NC(=O)c1cnn(CC(F)F)c1-c1ncccc1Cl. The zero-order valence-electron chi connectivity index (χ0n) is 20.5. The van der Waals surface area contributed by atoms with Gasteiger partial charge in [0.1, 0.15) is 17.9 Å². The Kier molecular flexibility index (Phi) is 9.06. The van der Waals surface area contributed by atoms with E-state index in [2.05, 4.69) is 20.9 Å². The lowest BCUT2D eigenvalue weighted by Gasteiger charge is -2.16. The number of anilines is 1. The summed E-state index contributed by atoms with van der Waals surface area (Å²) >= 11 is 6.23. The second-order valence-electron chi connectivity index (χ2n) is 8.10. The first-order chi connectivity index (χ1) is 18.0. The number of hydrogen-bond donors (Lipinski definition) is 2. The van der Waals surface area contributed by atoms with Crippen molar-refractivity contribution < 1.29 is 28.0 Å². The second kappa shape index (κ2) is 12.2. The highest BCUT2D eigenvalue weighted by molar-refractivity contribution is 6.33. The maximum atomic E-state index is 13.4. The zero-order chi connectivity index (χ0) is 28.0. The Bertz CT molecular complexity index is 1420. The van der Waals surface area contributed by atoms with Gasteiger partial charge < -0.3 is 10.2 Å². The van der Waals surface area contributed by atoms with Gasteiger partial charge in [0.25, 0.3) is 24.1 Å². The number of rotatable bonds is 9. The quantitative estimate of drug-likeness (QED) is 0.393. The summed E-state index contributed by atoms with van der Waals surface area (Å²) in [5, 5.41) is 16.0. The predicted octanol–water partition coefficient (Wildman–Crippen LogP) is 3.05. The maximum absolute atomic E-state index is 13.4. The average Bonchev–Trinajstić information content (AvgIpc) is 3.27. The van der Waals surface area contributed by atoms with Crippen LogP contribution in [0.25, 0.3) is 11.4 Å². The molecule has 1 aromatic carbocycles. The molecule has 0 aliphatic carbocycles. The van der Waals surface area contributed by atoms with E-state index in [1.54, 1.807) is 13.0 Å². The molecule has 38 heavy (non-hydrogen) atoms. The van der Waals surface area contributed by atoms with Crippen LogP contribution in [0, 0.1) is 18.3 Å². The number of pyridine rings is 1. The molecule has 14 heteroatoms. The molecule has 3 amide bonds. The summed E-state index contributed by atoms with van der Waals surface area (Å²) in [6.45, 7) is 0.289. The van der Waals surface area contributed by atoms with Gasteiger partial charge in [-0.15, -0.1) is 0 Å². The van der Waals surface area contributed by atoms with Crippen LogP contribution < -0.4 is 10.8 Å². The number of carbonyl (C=O) groups is 3. The van der Waals surface area contributed by atoms with E-state index >= 15 is 0 Å². The summed E-state index contributed by atoms with van der Waals surface area (Å²) in [5.41, 5.74) is 2.36. The lowest BCUT2D eigenvalue weighted by atomic mass is 10.0. The third-order valence-corrected chi connectivity index (χ3v) is 5.49. The average molecular weight is 546 g/mol. The van der Waals surface area contributed by atoms with E-state index in [0.717, 1.165) is 10.9 Å². The van der Waals surface area contributed by atoms with Gasteiger partial charge >= 0.3 is 0 Å². The van der Waals surface area contributed by atoms with Crippen molar-refractivity contribution in [3.8, 4) is 17.5 Å². The molecule has 198 valence electrons. The molecule has 0 radical (unpaired) electrons. The largest absolute Gasteiger partial charge is 0.347 e. The summed E-state index contributed by atoms with van der Waals surface area (Å²) < 4.78 is 27.3. The van der Waals surface area contributed by atoms with Crippen LogP contribution in [0.3, 0.4) is 0 Å². The van der Waals surface area contributed by atoms with Crippen LogP contribution in [0.2, 0.25) is 5.02 Å². The van der Waals surface area contributed by atoms with Gasteiger partial charge in [0.2, 0.25) is 0 Å². The Hall–Kier alpha value is -4.41. The van der Waals surface area contributed by atoms with E-state index in [4.69, 9.17) is 16.4 Å². The van der Waals surface area contributed by atoms with Crippen molar-refractivity contribution >= 4 is 35.0 Å². The minimum atomic E-state index is -2.78. The number of nitrogens with one attached hydrogen (secondary N) is 2. The van der Waals surface area contributed by atoms with Gasteiger partial charge in [0.05, 0.1) is 39.7 Å². The highest BCUT2D eigenvalue weighted by Crippen LogP contribution is 2.30. The Labute approximate surface area is 220 Å². The molecule has 0 atom stereocenters. The lowest BCUT2D eigenvalue weighted by Crippen LogP contribution is -2.32. The monoisotopic (exact) mass is 545 g/mol. The normalized spacial score (nSPS) is 10.7. The van der Waals surface area contributed by atoms with Gasteiger partial charge in [-0.25, -0.2) is 14.3 Å². The number of hydroxylamine groups is 1. The topological polar surface area (TPSA) is 142 Å². The van der Waals surface area contributed by atoms with Crippen LogP contribution >= 0.6 is 11.6 Å². The van der Waals surface area contributed by atoms with Crippen LogP contribution in [0.4, 0.5) is 14.5 Å². The van der Waals surface area contributed by atoms with E-state index in [9.17, 15) is 28.4 Å². The number of benzene rings is 1. The van der Waals surface area contributed by atoms with Crippen molar-refractivity contribution in [2.75, 3.05) is 26.0 Å². The lowest BCUT2D eigenvalue weighted by molar-refractivity contribution is -0.135. The molecule has 0 unspecified atom stereocenters. The first-order valence-corrected chi connectivity index (χ1v) is 11.3. The number of nitriles is 1. The van der Waals surface area contributed by atoms with Gasteiger partial charge in [-0.1, -0.05) is 11.6 Å². The number of likely N-dealkylation sites (N-methyl/N-ethyl adjacent to an activating group) is 1. The number of nitrogens with zero attached hydrogens (tertiary/aromatic N) is 5. The number of aryl methyl sites for hydroxylation is 1. The van der Waals surface area contributed by atoms with E-state index in [1.165, 1.54) is 43.4 Å². The van der Waals surface area contributed by atoms with Gasteiger partial charge in [-0.3, -0.25) is 28.9 Å². The standard InChI is InChI=1S/C24H22ClF2N7O4/c1-13-7-14(9-28)8-15(24(37)32-38-12-19(35)33(2)3)20(13)31-23(36)16-10-30-34(11-18(26)27)22(16)21-17(25)5-4-6-29-21/h4-8,10,18H,11-12H2,1-3H3,(H,31,36)(H,32,37). The number of alkyl halides is 2. The highest BCUT2D eigenvalue weighted by atomic mass is 35.5. The molecule has 2 aromatic heterocycles. The highest BCUT2D eigenvalue weighted by Gasteiger charge is 2.26. The van der Waals surface area contributed by atoms with Gasteiger partial charge in [-0.2, -0.15) is 10.4 Å². The van der Waals surface area contributed by atoms with Crippen molar-refractivity contribution in [1.82, 2.24) is 25.1 Å². The first kappa shape index (κ1) is 28.2. The predicted molar refractivity (Wildman–Crippen MR) is 132 cm³/mol. The smallest absolute Gasteiger partial charge is 0.277 e. The van der Waals surface area contributed by atoms with Crippen molar-refractivity contribution in [3.05, 3.63) is 63.9 Å². The van der Waals surface area contributed by atoms with Gasteiger partial charge in [-0.05, 0) is 36.8 Å². The fourth-order valence-electron chi connectivity index (χ4n) is 3.36. The summed E-state index contributed by atoms with van der Waals surface area (Å²) in [6, 6.07) is 7.62. The molecule has 0 bridgehead atoms. The zero-order valence-corrected chi connectivity index (χ0v) is 21.2. The second-order valence-corrected chi connectivity index (χ2v) is 8.51. The molecule has 2 N–H and O–H groups in total. The van der Waals surface area contributed by atoms with Crippen molar-refractivity contribution in [2.24, 2.45) is 0 Å². The molecule has 0 fully saturated rings. The van der Waals surface area contributed by atoms with Crippen molar-refractivity contribution in [2.45, 2.75) is 19.9 Å². The number of aromatic nitrogens is 3. The Balaban J connectivity index is 1.99. The van der Waals surface area contributed by atoms with E-state index < -0.39 is 37.3 Å². The molecule has 0 aliphatic rings. The summed E-state index contributed by atoms with van der Waals surface area (Å²) in [6.07, 6.45) is -0.300. The Morgan fingerprint density at radius 2 is 1.97 bits per heavy atom. The van der Waals surface area contributed by atoms with Crippen LogP contribution in [-0.2, 0) is 16.2 Å². The number of carbonyl (C=O) groups excluding carboxylic acids is 3. The molecule has 3 rings (SSSR count). The fourth-order valence-corrected chi connectivity index (χ4v) is 3.57. The van der Waals surface area contributed by atoms with E-state index in [-0.39, 0.29) is 38.8 Å². The molecule has 2 heterocycles. The number of halogens is 3. The minimum absolute atomic E-state index is 0.0220. The number of hydrogen-bond acceptors (Lipinski definition) is 7. The van der Waals surface area contributed by atoms with Crippen LogP contribution in [0.5, 0.6) is 0 Å². The fraction of sp³-hybridized carbons (Fsp3) is 0.250. The minimum Gasteiger partial charge on any atom is -0.347 e. The van der Waals surface area contributed by atoms with E-state index in [1.807, 2.05) is 6.07 Å². The Morgan fingerprint density at radius 1 is 1.24 bits per heavy atom. The first-order valence-electron chi connectivity index (χ1n) is 11.0. The number of amides is 3. The molecular formula is C24H22ClF2N7O4. The molecule has 11 nitrogen and oxygen atoms in total. The van der Waals surface area contributed by atoms with E-state index in [0.29, 0.717) is 5.56 Å². The van der Waals surface area contributed by atoms with Crippen LogP contribution in [0.15, 0.2) is 36.7 Å². The van der Waals surface area contributed by atoms with Gasteiger partial charge in [0, 0.05) is 20.3 Å².